The SMILES string of the molecule is COC(=O)CC[C@@H](C)[C@H]1CC[C@H]2[C@@H]3[C@H](OS(=O)(=O)O)C[C@@H]4C[C@H](OC(C)=O)CC[C@]4(C)[C@H]3C[C@H](OC(C)=O)[C@]12C. The van der Waals surface area contributed by atoms with Crippen LogP contribution in [0.2, 0.25) is 0 Å². The van der Waals surface area contributed by atoms with Gasteiger partial charge in [0.15, 0.2) is 0 Å². The van der Waals surface area contributed by atoms with Gasteiger partial charge in [0, 0.05) is 25.7 Å². The molecule has 0 aliphatic heterocycles. The first-order chi connectivity index (χ1) is 18.6. The highest BCUT2D eigenvalue weighted by Crippen LogP contribution is 2.69. The molecule has 0 aromatic carbocycles. The second kappa shape index (κ2) is 11.5. The molecule has 1 N–H and O–H groups in total. The minimum Gasteiger partial charge on any atom is -0.469 e. The van der Waals surface area contributed by atoms with Crippen LogP contribution >= 0.6 is 0 Å². The predicted molar refractivity (Wildman–Crippen MR) is 144 cm³/mol. The third kappa shape index (κ3) is 5.93. The molecule has 4 rings (SSSR count). The molecule has 0 aromatic rings. The van der Waals surface area contributed by atoms with Gasteiger partial charge in [0.1, 0.15) is 12.2 Å². The van der Waals surface area contributed by atoms with E-state index in [1.807, 2.05) is 0 Å². The number of hydrogen-bond donors (Lipinski definition) is 1. The maximum Gasteiger partial charge on any atom is 0.397 e. The summed E-state index contributed by atoms with van der Waals surface area (Å²) in [5.41, 5.74) is -0.657. The smallest absolute Gasteiger partial charge is 0.397 e. The van der Waals surface area contributed by atoms with E-state index < -0.39 is 21.9 Å². The van der Waals surface area contributed by atoms with Crippen LogP contribution in [-0.2, 0) is 43.2 Å². The number of ether oxygens (including phenoxy) is 3. The molecule has 4 aliphatic rings. The standard InChI is InChI=1S/C29H46O10S/c1-16(7-10-26(32)36-6)21-8-9-22-27-23(15-25(29(21,22)5)38-18(3)31)28(4)12-11-20(37-17(2)30)13-19(28)14-24(27)39-40(33,34)35/h16,19-25,27H,7-15H2,1-6H3,(H,33,34,35)/t16-,19+,20-,21-,22+,23+,24-,25+,27+,28+,29-/m1/s1. The molecular weight excluding hydrogens is 540 g/mol. The van der Waals surface area contributed by atoms with Crippen molar-refractivity contribution in [3.63, 3.8) is 0 Å². The Kier molecular flexibility index (Phi) is 8.99. The van der Waals surface area contributed by atoms with Crippen LogP contribution in [-0.4, -0.2) is 56.3 Å². The number of methoxy groups -OCH3 is 1. The molecule has 0 amide bonds. The van der Waals surface area contributed by atoms with Crippen molar-refractivity contribution in [3.8, 4) is 0 Å². The zero-order valence-corrected chi connectivity index (χ0v) is 25.4. The summed E-state index contributed by atoms with van der Waals surface area (Å²) in [5, 5.41) is 0. The fraction of sp³-hybridized carbons (Fsp3) is 0.897. The number of carbonyl (C=O) groups is 3. The normalized spacial score (nSPS) is 41.6. The van der Waals surface area contributed by atoms with Crippen LogP contribution in [0.1, 0.15) is 92.4 Å². The number of esters is 3. The molecule has 0 saturated heterocycles. The number of rotatable bonds is 8. The number of hydrogen-bond acceptors (Lipinski definition) is 9. The fourth-order valence-corrected chi connectivity index (χ4v) is 10.2. The largest absolute Gasteiger partial charge is 0.469 e. The minimum absolute atomic E-state index is 0.00288. The molecular formula is C29H46O10S. The van der Waals surface area contributed by atoms with Crippen molar-refractivity contribution in [1.29, 1.82) is 0 Å². The third-order valence-corrected chi connectivity index (χ3v) is 11.9. The monoisotopic (exact) mass is 586 g/mol. The Morgan fingerprint density at radius 3 is 2.25 bits per heavy atom. The van der Waals surface area contributed by atoms with Gasteiger partial charge < -0.3 is 14.2 Å². The van der Waals surface area contributed by atoms with Crippen LogP contribution < -0.4 is 0 Å². The summed E-state index contributed by atoms with van der Waals surface area (Å²) in [6.07, 6.45) is 4.36. The van der Waals surface area contributed by atoms with E-state index in [1.165, 1.54) is 21.0 Å². The molecule has 11 atom stereocenters. The molecule has 0 radical (unpaired) electrons. The molecule has 11 heteroatoms. The van der Waals surface area contributed by atoms with Gasteiger partial charge in [0.05, 0.1) is 13.2 Å². The number of fused-ring (bicyclic) bond motifs is 5. The van der Waals surface area contributed by atoms with Crippen LogP contribution in [0.3, 0.4) is 0 Å². The number of carbonyl (C=O) groups excluding carboxylic acids is 3. The van der Waals surface area contributed by atoms with Crippen molar-refractivity contribution < 1.29 is 45.7 Å². The van der Waals surface area contributed by atoms with Gasteiger partial charge in [0.25, 0.3) is 0 Å². The summed E-state index contributed by atoms with van der Waals surface area (Å²) in [6.45, 7) is 9.34. The van der Waals surface area contributed by atoms with Gasteiger partial charge in [-0.1, -0.05) is 20.8 Å². The highest BCUT2D eigenvalue weighted by atomic mass is 32.3. The highest BCUT2D eigenvalue weighted by Gasteiger charge is 2.67. The molecule has 0 spiro atoms. The van der Waals surface area contributed by atoms with Crippen molar-refractivity contribution in [1.82, 2.24) is 0 Å². The van der Waals surface area contributed by atoms with Gasteiger partial charge >= 0.3 is 28.3 Å². The Bertz CT molecular complexity index is 1090. The summed E-state index contributed by atoms with van der Waals surface area (Å²) in [4.78, 5) is 36.0. The maximum absolute atomic E-state index is 12.4. The van der Waals surface area contributed by atoms with Gasteiger partial charge in [-0.15, -0.1) is 0 Å². The Balaban J connectivity index is 1.72. The maximum atomic E-state index is 12.4. The molecule has 4 aliphatic carbocycles. The zero-order chi connectivity index (χ0) is 29.6. The second-order valence-electron chi connectivity index (χ2n) is 13.3. The first kappa shape index (κ1) is 31.2. The van der Waals surface area contributed by atoms with E-state index >= 15 is 0 Å². The van der Waals surface area contributed by atoms with Crippen LogP contribution in [0.15, 0.2) is 0 Å². The Hall–Kier alpha value is -1.72. The topological polar surface area (TPSA) is 143 Å². The molecule has 228 valence electrons. The van der Waals surface area contributed by atoms with E-state index in [0.29, 0.717) is 38.5 Å². The van der Waals surface area contributed by atoms with E-state index in [4.69, 9.17) is 18.4 Å². The van der Waals surface area contributed by atoms with Crippen LogP contribution in [0, 0.1) is 46.3 Å². The molecule has 40 heavy (non-hydrogen) atoms. The van der Waals surface area contributed by atoms with Crippen LogP contribution in [0.5, 0.6) is 0 Å². The van der Waals surface area contributed by atoms with Crippen molar-refractivity contribution >= 4 is 28.3 Å². The summed E-state index contributed by atoms with van der Waals surface area (Å²) in [7, 11) is -3.34. The predicted octanol–water partition coefficient (Wildman–Crippen LogP) is 4.51. The van der Waals surface area contributed by atoms with Gasteiger partial charge in [0.2, 0.25) is 0 Å². The summed E-state index contributed by atoms with van der Waals surface area (Å²) in [6, 6.07) is 0. The van der Waals surface area contributed by atoms with Crippen molar-refractivity contribution in [3.05, 3.63) is 0 Å². The summed E-state index contributed by atoms with van der Waals surface area (Å²) < 4.78 is 56.0. The van der Waals surface area contributed by atoms with Crippen LogP contribution in [0.4, 0.5) is 0 Å². The lowest BCUT2D eigenvalue weighted by Gasteiger charge is -2.64. The van der Waals surface area contributed by atoms with Gasteiger partial charge in [-0.05, 0) is 92.3 Å². The third-order valence-electron chi connectivity index (χ3n) is 11.4. The van der Waals surface area contributed by atoms with Gasteiger partial charge in [-0.3, -0.25) is 18.9 Å². The molecule has 10 nitrogen and oxygen atoms in total. The van der Waals surface area contributed by atoms with Gasteiger partial charge in [-0.2, -0.15) is 8.42 Å². The molecule has 4 fully saturated rings. The van der Waals surface area contributed by atoms with E-state index in [0.717, 1.165) is 19.3 Å². The first-order valence-corrected chi connectivity index (χ1v) is 16.0. The molecule has 0 aromatic heterocycles. The van der Waals surface area contributed by atoms with Crippen LogP contribution in [0.25, 0.3) is 0 Å². The molecule has 0 bridgehead atoms. The average Bonchev–Trinajstić information content (AvgIpc) is 3.20. The van der Waals surface area contributed by atoms with E-state index in [9.17, 15) is 27.4 Å². The fourth-order valence-electron chi connectivity index (χ4n) is 9.68. The van der Waals surface area contributed by atoms with Crippen molar-refractivity contribution in [2.45, 2.75) is 111 Å². The lowest BCUT2D eigenvalue weighted by Crippen LogP contribution is -2.63. The highest BCUT2D eigenvalue weighted by molar-refractivity contribution is 7.80. The first-order valence-electron chi connectivity index (χ1n) is 14.7. The Labute approximate surface area is 238 Å². The summed E-state index contributed by atoms with van der Waals surface area (Å²) in [5.74, 6) is -0.823. The van der Waals surface area contributed by atoms with E-state index in [2.05, 4.69) is 20.8 Å². The lowest BCUT2D eigenvalue weighted by molar-refractivity contribution is -0.215. The van der Waals surface area contributed by atoms with Crippen molar-refractivity contribution in [2.75, 3.05) is 7.11 Å². The van der Waals surface area contributed by atoms with Crippen molar-refractivity contribution in [2.24, 2.45) is 46.3 Å². The Morgan fingerprint density at radius 1 is 0.975 bits per heavy atom. The lowest BCUT2D eigenvalue weighted by atomic mass is 9.43. The zero-order valence-electron chi connectivity index (χ0n) is 24.6. The molecule has 0 heterocycles. The van der Waals surface area contributed by atoms with E-state index in [-0.39, 0.29) is 71.0 Å². The second-order valence-corrected chi connectivity index (χ2v) is 14.3. The minimum atomic E-state index is -4.72. The molecule has 0 unspecified atom stereocenters. The molecule has 4 saturated carbocycles. The Morgan fingerprint density at radius 2 is 1.65 bits per heavy atom. The quantitative estimate of drug-likeness (QED) is 0.245. The average molecular weight is 587 g/mol. The van der Waals surface area contributed by atoms with Gasteiger partial charge in [-0.25, -0.2) is 4.18 Å². The summed E-state index contributed by atoms with van der Waals surface area (Å²) >= 11 is 0. The van der Waals surface area contributed by atoms with E-state index in [1.54, 1.807) is 0 Å².